The van der Waals surface area contributed by atoms with Crippen LogP contribution in [0.5, 0.6) is 0 Å². The predicted molar refractivity (Wildman–Crippen MR) is 281 cm³/mol. The van der Waals surface area contributed by atoms with E-state index in [-0.39, 0.29) is 36.8 Å². The highest BCUT2D eigenvalue weighted by Crippen LogP contribution is 2.43. The second-order valence-electron chi connectivity index (χ2n) is 20.3. The molecule has 2 aliphatic carbocycles. The standard InChI is InChI=1S/C58H94N2O8/c1-47(25-27-53-51(5)23-15-31-57(53,7)8)19-13-21-49(3)45-65-39-29-55(61)67-37-17-33-59(11)35-41-63-43-44-64-42-36-60(12)34-18-38-68-56(62)30-40-66-46-50(4)22-14-20-48(2)26-28-54-52(6)24-16-32-58(54,9)10/h13-14,19-22,25,27,45-46H,15-18,23-24,26,28-44H2,1-12H3/b21-13+,22-14+,27-25+,47-19+,48-20+,49-45+,50-46+. The largest absolute Gasteiger partial charge is 0.500 e. The molecule has 0 saturated carbocycles. The fraction of sp³-hybridized carbons (Fsp3) is 0.655. The normalized spacial score (nSPS) is 17.4. The quantitative estimate of drug-likeness (QED) is 0.0204. The van der Waals surface area contributed by atoms with Crippen LogP contribution in [0.25, 0.3) is 0 Å². The minimum absolute atomic E-state index is 0.215. The highest BCUT2D eigenvalue weighted by atomic mass is 16.5. The van der Waals surface area contributed by atoms with E-state index in [1.54, 1.807) is 23.7 Å². The Hall–Kier alpha value is -3.96. The smallest absolute Gasteiger partial charge is 0.309 e. The SMILES string of the molecule is CC1=C(/C=C/C(C)=C/C=C/C(C)=C/OCCC(=O)OCCCN(C)CCOCCOCCN(C)CCCOC(=O)CCO/C=C(C)/C=C/C=C(\C)CCC2=C(C)CCCC2(C)C)C(C)(C)CCC1. The van der Waals surface area contributed by atoms with Gasteiger partial charge in [-0.25, -0.2) is 0 Å². The second-order valence-corrected chi connectivity index (χ2v) is 20.3. The zero-order chi connectivity index (χ0) is 50.2. The van der Waals surface area contributed by atoms with Gasteiger partial charge in [0.2, 0.25) is 0 Å². The van der Waals surface area contributed by atoms with E-state index in [9.17, 15) is 9.59 Å². The van der Waals surface area contributed by atoms with Crippen molar-refractivity contribution in [2.24, 2.45) is 10.8 Å². The highest BCUT2D eigenvalue weighted by Gasteiger charge is 2.28. The molecule has 10 heteroatoms. The molecule has 0 aromatic heterocycles. The van der Waals surface area contributed by atoms with Crippen molar-refractivity contribution in [1.82, 2.24) is 9.80 Å². The lowest BCUT2D eigenvalue weighted by Crippen LogP contribution is -2.27. The number of allylic oxidation sites excluding steroid dienone is 16. The monoisotopic (exact) mass is 947 g/mol. The first-order chi connectivity index (χ1) is 32.4. The molecule has 384 valence electrons. The molecule has 0 aromatic carbocycles. The zero-order valence-electron chi connectivity index (χ0n) is 44.9. The van der Waals surface area contributed by atoms with Gasteiger partial charge in [0.15, 0.2) is 0 Å². The molecule has 0 atom stereocenters. The fourth-order valence-corrected chi connectivity index (χ4v) is 8.54. The molecule has 2 aliphatic rings. The Labute approximate surface area is 414 Å². The third kappa shape index (κ3) is 27.9. The van der Waals surface area contributed by atoms with Gasteiger partial charge in [0.1, 0.15) is 0 Å². The maximum absolute atomic E-state index is 12.2. The molecule has 0 bridgehead atoms. The van der Waals surface area contributed by atoms with Crippen LogP contribution in [0.1, 0.15) is 146 Å². The Morgan fingerprint density at radius 3 is 1.59 bits per heavy atom. The summed E-state index contributed by atoms with van der Waals surface area (Å²) in [5, 5.41) is 0. The van der Waals surface area contributed by atoms with Crippen LogP contribution in [-0.2, 0) is 38.0 Å². The first-order valence-corrected chi connectivity index (χ1v) is 25.6. The molecular weight excluding hydrogens is 853 g/mol. The van der Waals surface area contributed by atoms with Crippen molar-refractivity contribution < 1.29 is 38.0 Å². The number of carbonyl (C=O) groups is 2. The summed E-state index contributed by atoms with van der Waals surface area (Å²) in [4.78, 5) is 28.6. The van der Waals surface area contributed by atoms with Gasteiger partial charge in [0.05, 0.1) is 78.2 Å². The van der Waals surface area contributed by atoms with E-state index in [1.165, 1.54) is 60.8 Å². The van der Waals surface area contributed by atoms with Gasteiger partial charge in [-0.3, -0.25) is 9.59 Å². The Kier molecular flexibility index (Phi) is 30.4. The molecule has 0 saturated heterocycles. The summed E-state index contributed by atoms with van der Waals surface area (Å²) in [6.07, 6.45) is 32.0. The van der Waals surface area contributed by atoms with Gasteiger partial charge in [-0.05, 0) is 147 Å². The lowest BCUT2D eigenvalue weighted by atomic mass is 9.71. The van der Waals surface area contributed by atoms with E-state index in [4.69, 9.17) is 28.4 Å². The van der Waals surface area contributed by atoms with Crippen molar-refractivity contribution in [3.63, 3.8) is 0 Å². The van der Waals surface area contributed by atoms with Gasteiger partial charge in [-0.1, -0.05) is 104 Å². The van der Waals surface area contributed by atoms with E-state index in [0.29, 0.717) is 51.7 Å². The van der Waals surface area contributed by atoms with Gasteiger partial charge < -0.3 is 38.2 Å². The number of hydrogen-bond acceptors (Lipinski definition) is 10. The van der Waals surface area contributed by atoms with Gasteiger partial charge in [0, 0.05) is 26.2 Å². The van der Waals surface area contributed by atoms with Gasteiger partial charge in [-0.15, -0.1) is 0 Å². The zero-order valence-corrected chi connectivity index (χ0v) is 44.9. The minimum atomic E-state index is -0.252. The van der Waals surface area contributed by atoms with Crippen LogP contribution in [0.2, 0.25) is 0 Å². The van der Waals surface area contributed by atoms with E-state index >= 15 is 0 Å². The molecule has 10 nitrogen and oxygen atoms in total. The number of nitrogens with zero attached hydrogens (tertiary/aromatic N) is 2. The Morgan fingerprint density at radius 1 is 0.574 bits per heavy atom. The van der Waals surface area contributed by atoms with Crippen LogP contribution in [0, 0.1) is 10.8 Å². The van der Waals surface area contributed by atoms with Gasteiger partial charge in [0.25, 0.3) is 0 Å². The van der Waals surface area contributed by atoms with Crippen molar-refractivity contribution in [1.29, 1.82) is 0 Å². The van der Waals surface area contributed by atoms with Gasteiger partial charge >= 0.3 is 11.9 Å². The first kappa shape index (κ1) is 60.2. The Bertz CT molecular complexity index is 1790. The summed E-state index contributed by atoms with van der Waals surface area (Å²) in [5.74, 6) is -0.498. The Morgan fingerprint density at radius 2 is 1.07 bits per heavy atom. The Balaban J connectivity index is 1.40. The molecule has 0 aromatic rings. The summed E-state index contributed by atoms with van der Waals surface area (Å²) >= 11 is 0. The topological polar surface area (TPSA) is 96.0 Å². The number of ether oxygens (including phenoxy) is 6. The number of carbonyl (C=O) groups excluding carboxylic acids is 2. The molecule has 68 heavy (non-hydrogen) atoms. The molecule has 0 N–H and O–H groups in total. The third-order valence-electron chi connectivity index (χ3n) is 12.9. The molecule has 0 heterocycles. The van der Waals surface area contributed by atoms with Crippen LogP contribution < -0.4 is 0 Å². The maximum atomic E-state index is 12.2. The molecule has 0 spiro atoms. The van der Waals surface area contributed by atoms with Crippen LogP contribution in [0.4, 0.5) is 0 Å². The number of hydrogen-bond donors (Lipinski definition) is 0. The lowest BCUT2D eigenvalue weighted by Gasteiger charge is -2.34. The van der Waals surface area contributed by atoms with Crippen LogP contribution in [-0.4, -0.2) is 115 Å². The summed E-state index contributed by atoms with van der Waals surface area (Å²) in [6, 6.07) is 0. The van der Waals surface area contributed by atoms with E-state index in [0.717, 1.165) is 63.0 Å². The molecule has 0 amide bonds. The average molecular weight is 947 g/mol. The predicted octanol–water partition coefficient (Wildman–Crippen LogP) is 12.8. The summed E-state index contributed by atoms with van der Waals surface area (Å²) in [5.41, 5.74) is 11.3. The molecule has 2 rings (SSSR count). The van der Waals surface area contributed by atoms with Crippen molar-refractivity contribution in [3.05, 3.63) is 106 Å². The second kappa shape index (κ2) is 34.4. The molecule has 0 fully saturated rings. The molecular formula is C58H94N2O8. The number of esters is 2. The van der Waals surface area contributed by atoms with Crippen LogP contribution in [0.15, 0.2) is 106 Å². The van der Waals surface area contributed by atoms with Crippen molar-refractivity contribution >= 4 is 11.9 Å². The molecule has 0 aliphatic heterocycles. The fourth-order valence-electron chi connectivity index (χ4n) is 8.54. The van der Waals surface area contributed by atoms with Gasteiger partial charge in [-0.2, -0.15) is 0 Å². The average Bonchev–Trinajstić information content (AvgIpc) is 3.27. The third-order valence-corrected chi connectivity index (χ3v) is 12.9. The van der Waals surface area contributed by atoms with Crippen molar-refractivity contribution in [2.75, 3.05) is 93.1 Å². The highest BCUT2D eigenvalue weighted by molar-refractivity contribution is 5.69. The maximum Gasteiger partial charge on any atom is 0.309 e. The van der Waals surface area contributed by atoms with Crippen LogP contribution >= 0.6 is 0 Å². The lowest BCUT2D eigenvalue weighted by molar-refractivity contribution is -0.145. The summed E-state index contributed by atoms with van der Waals surface area (Å²) in [7, 11) is 4.07. The van der Waals surface area contributed by atoms with E-state index in [2.05, 4.69) is 95.6 Å². The number of rotatable bonds is 34. The summed E-state index contributed by atoms with van der Waals surface area (Å²) < 4.78 is 33.4. The minimum Gasteiger partial charge on any atom is -0.500 e. The van der Waals surface area contributed by atoms with E-state index in [1.807, 2.05) is 46.2 Å². The van der Waals surface area contributed by atoms with Crippen molar-refractivity contribution in [3.8, 4) is 0 Å². The summed E-state index contributed by atoms with van der Waals surface area (Å²) in [6.45, 7) is 29.1. The number of likely N-dealkylation sites (N-methyl/N-ethyl adjacent to an activating group) is 2. The molecule has 0 unspecified atom stereocenters. The molecule has 0 radical (unpaired) electrons. The van der Waals surface area contributed by atoms with Crippen LogP contribution in [0.3, 0.4) is 0 Å². The van der Waals surface area contributed by atoms with E-state index < -0.39 is 0 Å². The first-order valence-electron chi connectivity index (χ1n) is 25.6. The van der Waals surface area contributed by atoms with Crippen molar-refractivity contribution in [2.45, 2.75) is 146 Å².